The average molecular weight is 283 g/mol. The lowest BCUT2D eigenvalue weighted by Gasteiger charge is -2.18. The third kappa shape index (κ3) is 4.72. The molecule has 3 nitrogen and oxygen atoms in total. The molecule has 0 aliphatic carbocycles. The maximum atomic E-state index is 11.7. The van der Waals surface area contributed by atoms with Crippen LogP contribution in [0.15, 0.2) is 60.7 Å². The number of carbonyl (C=O) groups is 1. The van der Waals surface area contributed by atoms with E-state index in [0.717, 1.165) is 17.5 Å². The van der Waals surface area contributed by atoms with Crippen LogP contribution in [0.4, 0.5) is 0 Å². The summed E-state index contributed by atoms with van der Waals surface area (Å²) in [7, 11) is 0. The van der Waals surface area contributed by atoms with Gasteiger partial charge in [0.2, 0.25) is 5.91 Å². The van der Waals surface area contributed by atoms with Gasteiger partial charge in [-0.3, -0.25) is 4.79 Å². The van der Waals surface area contributed by atoms with Crippen LogP contribution in [0.2, 0.25) is 0 Å². The van der Waals surface area contributed by atoms with E-state index in [4.69, 9.17) is 4.74 Å². The molecule has 1 amide bonds. The highest BCUT2D eigenvalue weighted by atomic mass is 16.5. The van der Waals surface area contributed by atoms with Gasteiger partial charge in [-0.1, -0.05) is 67.6 Å². The molecule has 1 N–H and O–H groups in total. The van der Waals surface area contributed by atoms with Gasteiger partial charge >= 0.3 is 0 Å². The first kappa shape index (κ1) is 15.3. The van der Waals surface area contributed by atoms with Crippen molar-refractivity contribution in [2.75, 3.05) is 13.2 Å². The molecule has 0 bridgehead atoms. The van der Waals surface area contributed by atoms with Gasteiger partial charge in [0.15, 0.2) is 0 Å². The molecule has 0 aromatic heterocycles. The molecule has 0 saturated heterocycles. The third-order valence-electron chi connectivity index (χ3n) is 3.16. The van der Waals surface area contributed by atoms with Crippen LogP contribution in [0.5, 0.6) is 0 Å². The molecule has 0 saturated carbocycles. The standard InChI is InChI=1S/C18H21NO2/c1-2-13-19-17(20)14-21-18(15-9-5-3-6-10-15)16-11-7-4-8-12-16/h3-12,18H,2,13-14H2,1H3,(H,19,20). The quantitative estimate of drug-likeness (QED) is 0.846. The minimum Gasteiger partial charge on any atom is -0.359 e. The van der Waals surface area contributed by atoms with Crippen LogP contribution in [-0.4, -0.2) is 19.1 Å². The van der Waals surface area contributed by atoms with E-state index in [1.165, 1.54) is 0 Å². The molecule has 2 aromatic rings. The molecule has 0 aliphatic heterocycles. The average Bonchev–Trinajstić information content (AvgIpc) is 2.55. The van der Waals surface area contributed by atoms with Crippen LogP contribution in [0.1, 0.15) is 30.6 Å². The molecule has 21 heavy (non-hydrogen) atoms. The van der Waals surface area contributed by atoms with Gasteiger partial charge in [-0.05, 0) is 17.5 Å². The monoisotopic (exact) mass is 283 g/mol. The fourth-order valence-electron chi connectivity index (χ4n) is 2.12. The number of amides is 1. The second-order valence-electron chi connectivity index (χ2n) is 4.86. The number of hydrogen-bond acceptors (Lipinski definition) is 2. The molecule has 0 unspecified atom stereocenters. The van der Waals surface area contributed by atoms with E-state index >= 15 is 0 Å². The van der Waals surface area contributed by atoms with Crippen LogP contribution in [0.3, 0.4) is 0 Å². The Morgan fingerprint density at radius 1 is 1.00 bits per heavy atom. The summed E-state index contributed by atoms with van der Waals surface area (Å²) in [5.41, 5.74) is 2.10. The molecule has 0 radical (unpaired) electrons. The van der Waals surface area contributed by atoms with Gasteiger partial charge in [0.05, 0.1) is 0 Å². The Balaban J connectivity index is 2.09. The highest BCUT2D eigenvalue weighted by Crippen LogP contribution is 2.25. The van der Waals surface area contributed by atoms with Gasteiger partial charge in [0.1, 0.15) is 12.7 Å². The Hall–Kier alpha value is -2.13. The van der Waals surface area contributed by atoms with Gasteiger partial charge in [0, 0.05) is 6.54 Å². The van der Waals surface area contributed by atoms with E-state index in [2.05, 4.69) is 5.32 Å². The number of ether oxygens (including phenoxy) is 1. The van der Waals surface area contributed by atoms with Crippen molar-refractivity contribution in [3.8, 4) is 0 Å². The Labute approximate surface area is 126 Å². The SMILES string of the molecule is CCCNC(=O)COC(c1ccccc1)c1ccccc1. The number of rotatable bonds is 7. The summed E-state index contributed by atoms with van der Waals surface area (Å²) >= 11 is 0. The van der Waals surface area contributed by atoms with Crippen molar-refractivity contribution in [3.63, 3.8) is 0 Å². The van der Waals surface area contributed by atoms with E-state index in [1.54, 1.807) is 0 Å². The molecule has 0 aliphatic rings. The number of hydrogen-bond donors (Lipinski definition) is 1. The number of nitrogens with one attached hydrogen (secondary N) is 1. The highest BCUT2D eigenvalue weighted by Gasteiger charge is 2.15. The van der Waals surface area contributed by atoms with Crippen LogP contribution in [0.25, 0.3) is 0 Å². The summed E-state index contributed by atoms with van der Waals surface area (Å²) in [6.45, 7) is 2.77. The molecule has 0 heterocycles. The lowest BCUT2D eigenvalue weighted by atomic mass is 10.0. The number of carbonyl (C=O) groups excluding carboxylic acids is 1. The van der Waals surface area contributed by atoms with Crippen LogP contribution in [0, 0.1) is 0 Å². The molecule has 2 rings (SSSR count). The fraction of sp³-hybridized carbons (Fsp3) is 0.278. The van der Waals surface area contributed by atoms with Gasteiger partial charge < -0.3 is 10.1 Å². The first-order chi connectivity index (χ1) is 10.3. The van der Waals surface area contributed by atoms with E-state index < -0.39 is 0 Å². The number of benzene rings is 2. The van der Waals surface area contributed by atoms with E-state index in [-0.39, 0.29) is 18.6 Å². The maximum absolute atomic E-state index is 11.7. The van der Waals surface area contributed by atoms with Gasteiger partial charge in [-0.2, -0.15) is 0 Å². The summed E-state index contributed by atoms with van der Waals surface area (Å²) in [6, 6.07) is 19.9. The maximum Gasteiger partial charge on any atom is 0.246 e. The van der Waals surface area contributed by atoms with Crippen molar-refractivity contribution in [1.29, 1.82) is 0 Å². The molecule has 0 fully saturated rings. The highest BCUT2D eigenvalue weighted by molar-refractivity contribution is 5.77. The molecule has 0 spiro atoms. The second-order valence-corrected chi connectivity index (χ2v) is 4.86. The van der Waals surface area contributed by atoms with Crippen LogP contribution < -0.4 is 5.32 Å². The van der Waals surface area contributed by atoms with Crippen molar-refractivity contribution in [2.45, 2.75) is 19.4 Å². The van der Waals surface area contributed by atoms with Crippen molar-refractivity contribution in [1.82, 2.24) is 5.32 Å². The van der Waals surface area contributed by atoms with E-state index in [9.17, 15) is 4.79 Å². The zero-order valence-electron chi connectivity index (χ0n) is 12.3. The van der Waals surface area contributed by atoms with Crippen LogP contribution >= 0.6 is 0 Å². The lowest BCUT2D eigenvalue weighted by molar-refractivity contribution is -0.127. The topological polar surface area (TPSA) is 38.3 Å². The molecule has 0 atom stereocenters. The minimum atomic E-state index is -0.222. The zero-order chi connectivity index (χ0) is 14.9. The molecule has 110 valence electrons. The Kier molecular flexibility index (Phi) is 5.98. The summed E-state index contributed by atoms with van der Waals surface area (Å²) in [4.78, 5) is 11.7. The minimum absolute atomic E-state index is 0.0639. The third-order valence-corrected chi connectivity index (χ3v) is 3.16. The summed E-state index contributed by atoms with van der Waals surface area (Å²) in [5.74, 6) is -0.0753. The normalized spacial score (nSPS) is 10.6. The van der Waals surface area contributed by atoms with E-state index in [0.29, 0.717) is 6.54 Å². The molecular formula is C18H21NO2. The second kappa shape index (κ2) is 8.22. The first-order valence-corrected chi connectivity index (χ1v) is 7.29. The molecule has 2 aromatic carbocycles. The summed E-state index contributed by atoms with van der Waals surface area (Å²) in [5, 5.41) is 2.83. The van der Waals surface area contributed by atoms with Crippen molar-refractivity contribution in [3.05, 3.63) is 71.8 Å². The largest absolute Gasteiger partial charge is 0.359 e. The van der Waals surface area contributed by atoms with Crippen molar-refractivity contribution >= 4 is 5.91 Å². The zero-order valence-corrected chi connectivity index (χ0v) is 12.3. The van der Waals surface area contributed by atoms with Gasteiger partial charge in [-0.25, -0.2) is 0 Å². The smallest absolute Gasteiger partial charge is 0.246 e. The van der Waals surface area contributed by atoms with E-state index in [1.807, 2.05) is 67.6 Å². The van der Waals surface area contributed by atoms with Crippen molar-refractivity contribution < 1.29 is 9.53 Å². The van der Waals surface area contributed by atoms with Gasteiger partial charge in [0.25, 0.3) is 0 Å². The van der Waals surface area contributed by atoms with Crippen LogP contribution in [-0.2, 0) is 9.53 Å². The predicted molar refractivity (Wildman–Crippen MR) is 84.0 cm³/mol. The predicted octanol–water partition coefficient (Wildman–Crippen LogP) is 3.32. The molecular weight excluding hydrogens is 262 g/mol. The molecule has 3 heteroatoms. The Bertz CT molecular complexity index is 500. The van der Waals surface area contributed by atoms with Crippen molar-refractivity contribution in [2.24, 2.45) is 0 Å². The first-order valence-electron chi connectivity index (χ1n) is 7.29. The summed E-state index contributed by atoms with van der Waals surface area (Å²) < 4.78 is 5.86. The van der Waals surface area contributed by atoms with Gasteiger partial charge in [-0.15, -0.1) is 0 Å². The summed E-state index contributed by atoms with van der Waals surface area (Å²) in [6.07, 6.45) is 0.701. The Morgan fingerprint density at radius 2 is 1.52 bits per heavy atom. The fourth-order valence-corrected chi connectivity index (χ4v) is 2.12. The Morgan fingerprint density at radius 3 is 2.00 bits per heavy atom. The lowest BCUT2D eigenvalue weighted by Crippen LogP contribution is -2.29.